The fraction of sp³-hybridized carbons (Fsp3) is 0.286. The van der Waals surface area contributed by atoms with Crippen molar-refractivity contribution in [3.63, 3.8) is 0 Å². The van der Waals surface area contributed by atoms with E-state index in [2.05, 4.69) is 19.9 Å². The molecule has 0 radical (unpaired) electrons. The Kier molecular flexibility index (Phi) is 4.62. The van der Waals surface area contributed by atoms with Crippen molar-refractivity contribution in [2.24, 2.45) is 5.41 Å². The molecule has 0 amide bonds. The van der Waals surface area contributed by atoms with Crippen LogP contribution in [0.5, 0.6) is 0 Å². The molecule has 6 nitrogen and oxygen atoms in total. The van der Waals surface area contributed by atoms with E-state index < -0.39 is 11.4 Å². The maximum Gasteiger partial charge on any atom is 0.311 e. The normalized spacial score (nSPS) is 20.4. The lowest BCUT2D eigenvalue weighted by Gasteiger charge is -2.40. The van der Waals surface area contributed by atoms with Gasteiger partial charge in [0.1, 0.15) is 17.8 Å². The highest BCUT2D eigenvalue weighted by atomic mass is 16.4. The van der Waals surface area contributed by atoms with E-state index >= 15 is 0 Å². The topological polar surface area (TPSA) is 82.1 Å². The highest BCUT2D eigenvalue weighted by Gasteiger charge is 2.42. The summed E-state index contributed by atoms with van der Waals surface area (Å²) in [5.74, 6) is 0.0582. The molecule has 1 aliphatic heterocycles. The molecule has 3 aromatic rings. The van der Waals surface area contributed by atoms with Gasteiger partial charge in [-0.3, -0.25) is 4.79 Å². The first-order chi connectivity index (χ1) is 13.2. The number of fused-ring (bicyclic) bond motifs is 1. The Hall–Kier alpha value is -3.15. The molecule has 1 atom stereocenters. The average molecular weight is 362 g/mol. The van der Waals surface area contributed by atoms with Crippen LogP contribution in [-0.4, -0.2) is 39.1 Å². The number of piperidine rings is 1. The third kappa shape index (κ3) is 3.43. The molecule has 3 heterocycles. The minimum atomic E-state index is -0.808. The van der Waals surface area contributed by atoms with Gasteiger partial charge in [-0.1, -0.05) is 42.5 Å². The van der Waals surface area contributed by atoms with Gasteiger partial charge in [-0.15, -0.1) is 0 Å². The number of aliphatic carboxylic acids is 1. The molecule has 2 N–H and O–H groups in total. The summed E-state index contributed by atoms with van der Waals surface area (Å²) in [5, 5.41) is 11.0. The number of hydrogen-bond donors (Lipinski definition) is 2. The number of anilines is 1. The highest BCUT2D eigenvalue weighted by Crippen LogP contribution is 2.37. The van der Waals surface area contributed by atoms with Crippen molar-refractivity contribution < 1.29 is 9.90 Å². The highest BCUT2D eigenvalue weighted by molar-refractivity contribution is 5.88. The molecule has 2 aromatic heterocycles. The molecule has 27 heavy (non-hydrogen) atoms. The average Bonchev–Trinajstić information content (AvgIpc) is 3.18. The molecule has 0 spiro atoms. The number of aromatic nitrogens is 3. The molecule has 0 unspecified atom stereocenters. The van der Waals surface area contributed by atoms with Crippen molar-refractivity contribution >= 4 is 28.9 Å². The summed E-state index contributed by atoms with van der Waals surface area (Å²) in [5.41, 5.74) is 1.04. The summed E-state index contributed by atoms with van der Waals surface area (Å²) in [7, 11) is 0. The summed E-state index contributed by atoms with van der Waals surface area (Å²) < 4.78 is 0. The van der Waals surface area contributed by atoms with Crippen LogP contribution in [-0.2, 0) is 4.79 Å². The number of carboxylic acid groups (broad SMARTS) is 1. The molecule has 1 aliphatic rings. The number of carbonyl (C=O) groups is 1. The molecule has 0 aliphatic carbocycles. The van der Waals surface area contributed by atoms with E-state index in [9.17, 15) is 9.90 Å². The van der Waals surface area contributed by atoms with Crippen molar-refractivity contribution in [2.75, 3.05) is 18.0 Å². The zero-order chi connectivity index (χ0) is 18.7. The number of nitrogens with one attached hydrogen (secondary N) is 1. The second kappa shape index (κ2) is 7.23. The number of carboxylic acids is 1. The van der Waals surface area contributed by atoms with Crippen LogP contribution in [0.4, 0.5) is 5.82 Å². The van der Waals surface area contributed by atoms with Crippen LogP contribution in [0.25, 0.3) is 17.1 Å². The second-order valence-corrected chi connectivity index (χ2v) is 7.06. The molecule has 4 rings (SSSR count). The van der Waals surface area contributed by atoms with Crippen LogP contribution in [0.2, 0.25) is 0 Å². The minimum Gasteiger partial charge on any atom is -0.481 e. The van der Waals surface area contributed by atoms with Gasteiger partial charge in [-0.25, -0.2) is 9.97 Å². The van der Waals surface area contributed by atoms with E-state index in [4.69, 9.17) is 0 Å². The van der Waals surface area contributed by atoms with Crippen molar-refractivity contribution in [2.45, 2.75) is 19.3 Å². The number of aromatic amines is 1. The Bertz CT molecular complexity index is 966. The van der Waals surface area contributed by atoms with Gasteiger partial charge < -0.3 is 15.0 Å². The molecular formula is C21H22N4O2. The maximum absolute atomic E-state index is 12.2. The lowest BCUT2D eigenvalue weighted by molar-refractivity contribution is -0.149. The zero-order valence-electron chi connectivity index (χ0n) is 15.0. The monoisotopic (exact) mass is 362 g/mol. The number of benzene rings is 1. The summed E-state index contributed by atoms with van der Waals surface area (Å²) in [6, 6.07) is 11.9. The second-order valence-electron chi connectivity index (χ2n) is 7.06. The Morgan fingerprint density at radius 1 is 1.26 bits per heavy atom. The molecule has 138 valence electrons. The first-order valence-electron chi connectivity index (χ1n) is 9.16. The van der Waals surface area contributed by atoms with Gasteiger partial charge in [-0.05, 0) is 30.9 Å². The van der Waals surface area contributed by atoms with E-state index in [0.717, 1.165) is 35.4 Å². The Labute approximate surface area is 157 Å². The van der Waals surface area contributed by atoms with Crippen LogP contribution in [0.15, 0.2) is 55.0 Å². The fourth-order valence-corrected chi connectivity index (χ4v) is 3.84. The van der Waals surface area contributed by atoms with Crippen LogP contribution >= 0.6 is 0 Å². The molecule has 1 aromatic carbocycles. The maximum atomic E-state index is 12.2. The number of rotatable bonds is 5. The van der Waals surface area contributed by atoms with Gasteiger partial charge in [0.2, 0.25) is 0 Å². The summed E-state index contributed by atoms with van der Waals surface area (Å²) in [6.07, 6.45) is 9.33. The standard InChI is InChI=1S/C21H22N4O2/c26-20(27)21(10-4-8-16-6-2-1-3-7-16)11-5-13-25(14-21)19-17-9-12-22-18(17)23-15-24-19/h1-4,6-9,12,15H,5,10-11,13-14H2,(H,26,27)(H,22,23,24)/b8-4+/t21-/m0/s1. The molecule has 1 fully saturated rings. The first kappa shape index (κ1) is 17.3. The Balaban J connectivity index is 1.58. The summed E-state index contributed by atoms with van der Waals surface area (Å²) in [4.78, 5) is 26.1. The van der Waals surface area contributed by atoms with Crippen LogP contribution < -0.4 is 4.90 Å². The SMILES string of the molecule is O=C(O)[C@@]1(C/C=C/c2ccccc2)CCCN(c2ncnc3[nH]ccc23)C1. The molecule has 0 bridgehead atoms. The number of nitrogens with zero attached hydrogens (tertiary/aromatic N) is 3. The number of hydrogen-bond acceptors (Lipinski definition) is 4. The van der Waals surface area contributed by atoms with Gasteiger partial charge in [0.15, 0.2) is 0 Å². The smallest absolute Gasteiger partial charge is 0.311 e. The molecule has 6 heteroatoms. The van der Waals surface area contributed by atoms with E-state index in [1.807, 2.05) is 54.7 Å². The van der Waals surface area contributed by atoms with Crippen molar-refractivity contribution in [1.82, 2.24) is 15.0 Å². The third-order valence-corrected chi connectivity index (χ3v) is 5.28. The predicted molar refractivity (Wildman–Crippen MR) is 105 cm³/mol. The van der Waals surface area contributed by atoms with Gasteiger partial charge in [-0.2, -0.15) is 0 Å². The van der Waals surface area contributed by atoms with Crippen LogP contribution in [0, 0.1) is 5.41 Å². The van der Waals surface area contributed by atoms with Gasteiger partial charge in [0, 0.05) is 19.3 Å². The van der Waals surface area contributed by atoms with Crippen LogP contribution in [0.3, 0.4) is 0 Å². The quantitative estimate of drug-likeness (QED) is 0.723. The van der Waals surface area contributed by atoms with Gasteiger partial charge in [0.25, 0.3) is 0 Å². The van der Waals surface area contributed by atoms with Crippen molar-refractivity contribution in [3.05, 3.63) is 60.6 Å². The van der Waals surface area contributed by atoms with Gasteiger partial charge in [0.05, 0.1) is 10.8 Å². The molecule has 0 saturated carbocycles. The van der Waals surface area contributed by atoms with E-state index in [-0.39, 0.29) is 0 Å². The van der Waals surface area contributed by atoms with E-state index in [1.165, 1.54) is 6.33 Å². The number of H-pyrrole nitrogens is 1. The van der Waals surface area contributed by atoms with E-state index in [1.54, 1.807) is 0 Å². The van der Waals surface area contributed by atoms with E-state index in [0.29, 0.717) is 19.4 Å². The third-order valence-electron chi connectivity index (χ3n) is 5.28. The van der Waals surface area contributed by atoms with Crippen LogP contribution in [0.1, 0.15) is 24.8 Å². The first-order valence-corrected chi connectivity index (χ1v) is 9.16. The Morgan fingerprint density at radius 2 is 2.11 bits per heavy atom. The largest absolute Gasteiger partial charge is 0.481 e. The molecule has 1 saturated heterocycles. The number of allylic oxidation sites excluding steroid dienone is 1. The minimum absolute atomic E-state index is 0.443. The zero-order valence-corrected chi connectivity index (χ0v) is 15.0. The molecular weight excluding hydrogens is 340 g/mol. The summed E-state index contributed by atoms with van der Waals surface area (Å²) >= 11 is 0. The fourth-order valence-electron chi connectivity index (χ4n) is 3.84. The van der Waals surface area contributed by atoms with Crippen molar-refractivity contribution in [1.29, 1.82) is 0 Å². The Morgan fingerprint density at radius 3 is 2.93 bits per heavy atom. The lowest BCUT2D eigenvalue weighted by atomic mass is 9.77. The summed E-state index contributed by atoms with van der Waals surface area (Å²) in [6.45, 7) is 1.24. The lowest BCUT2D eigenvalue weighted by Crippen LogP contribution is -2.48. The van der Waals surface area contributed by atoms with Crippen molar-refractivity contribution in [3.8, 4) is 0 Å². The predicted octanol–water partition coefficient (Wildman–Crippen LogP) is 3.73. The van der Waals surface area contributed by atoms with Gasteiger partial charge >= 0.3 is 5.97 Å².